The average molecular weight is 380 g/mol. The van der Waals surface area contributed by atoms with Gasteiger partial charge < -0.3 is 15.0 Å². The third kappa shape index (κ3) is 5.35. The number of nitrogens with one attached hydrogen (secondary N) is 1. The normalized spacial score (nSPS) is 14.6. The van der Waals surface area contributed by atoms with E-state index in [9.17, 15) is 9.59 Å². The van der Waals surface area contributed by atoms with Crippen LogP contribution in [0.15, 0.2) is 48.5 Å². The maximum absolute atomic E-state index is 12.4. The molecule has 1 N–H and O–H groups in total. The van der Waals surface area contributed by atoms with E-state index in [0.29, 0.717) is 19.5 Å². The molecule has 1 saturated heterocycles. The number of hydrogen-bond donors (Lipinski definition) is 1. The molecule has 2 aromatic carbocycles. The van der Waals surface area contributed by atoms with E-state index in [1.807, 2.05) is 67.3 Å². The third-order valence-electron chi connectivity index (χ3n) is 5.32. The van der Waals surface area contributed by atoms with Crippen molar-refractivity contribution in [3.8, 4) is 5.75 Å². The van der Waals surface area contributed by atoms with Crippen molar-refractivity contribution in [2.24, 2.45) is 0 Å². The highest BCUT2D eigenvalue weighted by Gasteiger charge is 2.24. The molecule has 5 nitrogen and oxygen atoms in total. The molecule has 0 aliphatic carbocycles. The topological polar surface area (TPSA) is 58.6 Å². The van der Waals surface area contributed by atoms with E-state index in [0.717, 1.165) is 35.3 Å². The zero-order chi connectivity index (χ0) is 19.9. The first-order valence-corrected chi connectivity index (χ1v) is 9.83. The minimum atomic E-state index is -0.116. The molecular weight excluding hydrogens is 352 g/mol. The van der Waals surface area contributed by atoms with Gasteiger partial charge in [0.1, 0.15) is 5.75 Å². The summed E-state index contributed by atoms with van der Waals surface area (Å²) in [6, 6.07) is 15.7. The maximum Gasteiger partial charge on any atom is 0.258 e. The molecule has 5 heteroatoms. The van der Waals surface area contributed by atoms with Gasteiger partial charge in [-0.3, -0.25) is 9.59 Å². The van der Waals surface area contributed by atoms with Crippen molar-refractivity contribution < 1.29 is 14.3 Å². The van der Waals surface area contributed by atoms with Crippen LogP contribution in [0.4, 0.5) is 0 Å². The van der Waals surface area contributed by atoms with Crippen LogP contribution in [0, 0.1) is 13.8 Å². The Balaban J connectivity index is 1.40. The molecule has 1 fully saturated rings. The summed E-state index contributed by atoms with van der Waals surface area (Å²) in [5, 5.41) is 3.03. The number of benzene rings is 2. The van der Waals surface area contributed by atoms with Crippen molar-refractivity contribution in [1.29, 1.82) is 0 Å². The smallest absolute Gasteiger partial charge is 0.258 e. The number of ether oxygens (including phenoxy) is 1. The van der Waals surface area contributed by atoms with Crippen LogP contribution in [0.25, 0.3) is 0 Å². The van der Waals surface area contributed by atoms with Gasteiger partial charge in [-0.1, -0.05) is 42.5 Å². The van der Waals surface area contributed by atoms with Crippen molar-refractivity contribution in [2.75, 3.05) is 19.7 Å². The average Bonchev–Trinajstić information content (AvgIpc) is 2.70. The Bertz CT molecular complexity index is 812. The van der Waals surface area contributed by atoms with Crippen LogP contribution < -0.4 is 10.1 Å². The zero-order valence-electron chi connectivity index (χ0n) is 16.6. The van der Waals surface area contributed by atoms with Crippen molar-refractivity contribution in [1.82, 2.24) is 10.2 Å². The zero-order valence-corrected chi connectivity index (χ0v) is 16.6. The summed E-state index contributed by atoms with van der Waals surface area (Å²) < 4.78 is 5.67. The van der Waals surface area contributed by atoms with Gasteiger partial charge in [0, 0.05) is 19.1 Å². The summed E-state index contributed by atoms with van der Waals surface area (Å²) in [6.07, 6.45) is 1.98. The van der Waals surface area contributed by atoms with Crippen molar-refractivity contribution in [3.63, 3.8) is 0 Å². The third-order valence-corrected chi connectivity index (χ3v) is 5.32. The molecule has 1 aliphatic heterocycles. The molecule has 0 spiro atoms. The van der Waals surface area contributed by atoms with Crippen molar-refractivity contribution in [3.05, 3.63) is 65.2 Å². The molecular formula is C23H28N2O3. The Morgan fingerprint density at radius 2 is 1.75 bits per heavy atom. The van der Waals surface area contributed by atoms with E-state index in [2.05, 4.69) is 5.32 Å². The van der Waals surface area contributed by atoms with Crippen LogP contribution in [0.5, 0.6) is 5.75 Å². The number of amides is 2. The summed E-state index contributed by atoms with van der Waals surface area (Å²) in [4.78, 5) is 26.5. The molecule has 2 aromatic rings. The Morgan fingerprint density at radius 1 is 1.04 bits per heavy atom. The second-order valence-corrected chi connectivity index (χ2v) is 7.37. The molecule has 0 unspecified atom stereocenters. The molecule has 2 amide bonds. The van der Waals surface area contributed by atoms with Gasteiger partial charge in [-0.25, -0.2) is 0 Å². The van der Waals surface area contributed by atoms with Crippen LogP contribution in [0.2, 0.25) is 0 Å². The first-order chi connectivity index (χ1) is 13.5. The molecule has 0 bridgehead atoms. The quantitative estimate of drug-likeness (QED) is 0.838. The van der Waals surface area contributed by atoms with Crippen molar-refractivity contribution in [2.45, 2.75) is 39.2 Å². The highest BCUT2D eigenvalue weighted by Crippen LogP contribution is 2.20. The van der Waals surface area contributed by atoms with Gasteiger partial charge in [-0.05, 0) is 49.4 Å². The number of hydrogen-bond acceptors (Lipinski definition) is 3. The van der Waals surface area contributed by atoms with Crippen LogP contribution in [-0.4, -0.2) is 42.5 Å². The Hall–Kier alpha value is -2.82. The van der Waals surface area contributed by atoms with E-state index < -0.39 is 0 Å². The summed E-state index contributed by atoms with van der Waals surface area (Å²) in [6.45, 7) is 5.38. The second-order valence-electron chi connectivity index (χ2n) is 7.37. The summed E-state index contributed by atoms with van der Waals surface area (Å²) in [5.74, 6) is 0.778. The molecule has 0 atom stereocenters. The van der Waals surface area contributed by atoms with Crippen molar-refractivity contribution >= 4 is 11.8 Å². The highest BCUT2D eigenvalue weighted by atomic mass is 16.5. The van der Waals surface area contributed by atoms with Gasteiger partial charge in [0.05, 0.1) is 6.42 Å². The first-order valence-electron chi connectivity index (χ1n) is 9.83. The Morgan fingerprint density at radius 3 is 2.46 bits per heavy atom. The number of aryl methyl sites for hydroxylation is 1. The summed E-state index contributed by atoms with van der Waals surface area (Å²) >= 11 is 0. The molecule has 0 saturated carbocycles. The van der Waals surface area contributed by atoms with Gasteiger partial charge in [0.25, 0.3) is 5.91 Å². The van der Waals surface area contributed by atoms with Crippen LogP contribution in [-0.2, 0) is 16.0 Å². The lowest BCUT2D eigenvalue weighted by atomic mass is 10.0. The number of piperidine rings is 1. The van der Waals surface area contributed by atoms with Gasteiger partial charge >= 0.3 is 0 Å². The minimum absolute atomic E-state index is 0.0114. The van der Waals surface area contributed by atoms with E-state index in [4.69, 9.17) is 4.74 Å². The standard InChI is InChI=1S/C23H28N2O3/c1-17-7-6-10-21(18(17)2)28-16-22(26)24-20-11-13-25(14-12-20)23(27)15-19-8-4-3-5-9-19/h3-10,20H,11-16H2,1-2H3,(H,24,26). The number of carbonyl (C=O) groups is 2. The number of rotatable bonds is 6. The minimum Gasteiger partial charge on any atom is -0.483 e. The molecule has 148 valence electrons. The lowest BCUT2D eigenvalue weighted by Gasteiger charge is -2.32. The summed E-state index contributed by atoms with van der Waals surface area (Å²) in [7, 11) is 0. The van der Waals surface area contributed by atoms with E-state index in [-0.39, 0.29) is 24.5 Å². The Kier molecular flexibility index (Phi) is 6.69. The fourth-order valence-corrected chi connectivity index (χ4v) is 3.45. The summed E-state index contributed by atoms with van der Waals surface area (Å²) in [5.41, 5.74) is 3.23. The fraction of sp³-hybridized carbons (Fsp3) is 0.391. The van der Waals surface area contributed by atoms with E-state index in [1.54, 1.807) is 0 Å². The van der Waals surface area contributed by atoms with E-state index in [1.165, 1.54) is 0 Å². The van der Waals surface area contributed by atoms with Gasteiger partial charge in [0.2, 0.25) is 5.91 Å². The predicted molar refractivity (Wildman–Crippen MR) is 109 cm³/mol. The van der Waals surface area contributed by atoms with Crippen LogP contribution in [0.1, 0.15) is 29.5 Å². The number of nitrogens with zero attached hydrogens (tertiary/aromatic N) is 1. The van der Waals surface area contributed by atoms with E-state index >= 15 is 0 Å². The molecule has 1 heterocycles. The fourth-order valence-electron chi connectivity index (χ4n) is 3.45. The molecule has 3 rings (SSSR count). The molecule has 1 aliphatic rings. The van der Waals surface area contributed by atoms with Gasteiger partial charge in [-0.15, -0.1) is 0 Å². The number of likely N-dealkylation sites (tertiary alicyclic amines) is 1. The molecule has 0 aromatic heterocycles. The molecule has 0 radical (unpaired) electrons. The van der Waals surface area contributed by atoms with Gasteiger partial charge in [-0.2, -0.15) is 0 Å². The maximum atomic E-state index is 12.4. The van der Waals surface area contributed by atoms with Crippen LogP contribution in [0.3, 0.4) is 0 Å². The second kappa shape index (κ2) is 9.40. The number of carbonyl (C=O) groups excluding carboxylic acids is 2. The monoisotopic (exact) mass is 380 g/mol. The predicted octanol–water partition coefficient (Wildman–Crippen LogP) is 3.03. The SMILES string of the molecule is Cc1cccc(OCC(=O)NC2CCN(C(=O)Cc3ccccc3)CC2)c1C. The molecule has 28 heavy (non-hydrogen) atoms. The largest absolute Gasteiger partial charge is 0.483 e. The first kappa shape index (κ1) is 19.9. The lowest BCUT2D eigenvalue weighted by Crippen LogP contribution is -2.47. The highest BCUT2D eigenvalue weighted by molar-refractivity contribution is 5.79. The Labute approximate surface area is 166 Å². The lowest BCUT2D eigenvalue weighted by molar-refractivity contribution is -0.131. The van der Waals surface area contributed by atoms with Crippen LogP contribution >= 0.6 is 0 Å². The van der Waals surface area contributed by atoms with Gasteiger partial charge in [0.15, 0.2) is 6.61 Å².